The normalized spacial score (nSPS) is 18.4. The summed E-state index contributed by atoms with van der Waals surface area (Å²) in [6.45, 7) is 0.350. The van der Waals surface area contributed by atoms with Gasteiger partial charge in [-0.3, -0.25) is 0 Å². The highest BCUT2D eigenvalue weighted by molar-refractivity contribution is 5.85. The summed E-state index contributed by atoms with van der Waals surface area (Å²) in [5, 5.41) is 3.84. The highest BCUT2D eigenvalue weighted by Crippen LogP contribution is 2.36. The molecular weight excluding hydrogens is 206 g/mol. The molecule has 0 amide bonds. The minimum atomic E-state index is -0.338. The number of methoxy groups -OCH3 is 1. The topological polar surface area (TPSA) is 74.2 Å². The summed E-state index contributed by atoms with van der Waals surface area (Å²) in [5.74, 6) is 1.11. The van der Waals surface area contributed by atoms with Crippen molar-refractivity contribution in [3.63, 3.8) is 0 Å². The number of nitrogens with zero attached hydrogens (tertiary/aromatic N) is 2. The van der Waals surface area contributed by atoms with Gasteiger partial charge in [0.05, 0.1) is 5.54 Å². The molecule has 0 aliphatic heterocycles. The lowest BCUT2D eigenvalue weighted by atomic mass is 9.77. The lowest BCUT2D eigenvalue weighted by Crippen LogP contribution is -2.44. The van der Waals surface area contributed by atoms with E-state index in [0.717, 1.165) is 19.3 Å². The molecule has 5 nitrogen and oxygen atoms in total. The Kier molecular flexibility index (Phi) is 3.47. The predicted molar refractivity (Wildman–Crippen MR) is 52.0 cm³/mol. The maximum absolute atomic E-state index is 6.01. The van der Waals surface area contributed by atoms with Crippen LogP contribution in [0.25, 0.3) is 0 Å². The average molecular weight is 220 g/mol. The summed E-state index contributed by atoms with van der Waals surface area (Å²) in [6.07, 6.45) is 3.03. The first-order valence-corrected chi connectivity index (χ1v) is 4.35. The van der Waals surface area contributed by atoms with E-state index in [0.29, 0.717) is 18.3 Å². The standard InChI is InChI=1S/C8H13N3O2.ClH/c1-12-5-6-10-7(11-13-6)8(9)3-2-4-8;/h2-5,9H2,1H3;1H. The molecule has 0 saturated heterocycles. The first-order chi connectivity index (χ1) is 6.24. The molecule has 1 aromatic rings. The molecule has 0 radical (unpaired) electrons. The van der Waals surface area contributed by atoms with E-state index in [2.05, 4.69) is 10.1 Å². The Morgan fingerprint density at radius 3 is 2.79 bits per heavy atom. The Hall–Kier alpha value is -0.650. The van der Waals surface area contributed by atoms with Gasteiger partial charge in [-0.25, -0.2) is 0 Å². The molecule has 1 aromatic heterocycles. The number of halogens is 1. The SMILES string of the molecule is COCc1nc(C2(N)CCC2)no1.Cl. The molecule has 80 valence electrons. The summed E-state index contributed by atoms with van der Waals surface area (Å²) in [7, 11) is 1.59. The summed E-state index contributed by atoms with van der Waals surface area (Å²) in [5.41, 5.74) is 5.67. The molecule has 0 bridgehead atoms. The number of ether oxygens (including phenoxy) is 1. The zero-order valence-corrected chi connectivity index (χ0v) is 8.84. The Labute approximate surface area is 88.4 Å². The molecule has 0 atom stereocenters. The Balaban J connectivity index is 0.000000980. The van der Waals surface area contributed by atoms with Crippen molar-refractivity contribution in [2.24, 2.45) is 5.73 Å². The van der Waals surface area contributed by atoms with Gasteiger partial charge in [-0.1, -0.05) is 5.16 Å². The van der Waals surface area contributed by atoms with Crippen LogP contribution in [0.5, 0.6) is 0 Å². The van der Waals surface area contributed by atoms with Crippen molar-refractivity contribution in [1.29, 1.82) is 0 Å². The predicted octanol–water partition coefficient (Wildman–Crippen LogP) is 0.976. The molecule has 2 N–H and O–H groups in total. The minimum Gasteiger partial charge on any atom is -0.375 e. The smallest absolute Gasteiger partial charge is 0.252 e. The van der Waals surface area contributed by atoms with Gasteiger partial charge in [-0.2, -0.15) is 4.98 Å². The molecule has 1 fully saturated rings. The third-order valence-corrected chi connectivity index (χ3v) is 2.43. The second-order valence-electron chi connectivity index (χ2n) is 3.45. The van der Waals surface area contributed by atoms with Crippen molar-refractivity contribution in [1.82, 2.24) is 10.1 Å². The van der Waals surface area contributed by atoms with Crippen LogP contribution in [-0.4, -0.2) is 17.3 Å². The van der Waals surface area contributed by atoms with Crippen LogP contribution >= 0.6 is 12.4 Å². The van der Waals surface area contributed by atoms with Crippen molar-refractivity contribution >= 4 is 12.4 Å². The Morgan fingerprint density at radius 2 is 2.29 bits per heavy atom. The van der Waals surface area contributed by atoms with Crippen LogP contribution in [-0.2, 0) is 16.9 Å². The number of hydrogen-bond acceptors (Lipinski definition) is 5. The largest absolute Gasteiger partial charge is 0.375 e. The van der Waals surface area contributed by atoms with E-state index in [1.54, 1.807) is 7.11 Å². The van der Waals surface area contributed by atoms with Crippen LogP contribution in [0.4, 0.5) is 0 Å². The fourth-order valence-corrected chi connectivity index (χ4v) is 1.42. The molecule has 1 saturated carbocycles. The highest BCUT2D eigenvalue weighted by Gasteiger charge is 2.38. The van der Waals surface area contributed by atoms with Gasteiger partial charge < -0.3 is 15.0 Å². The molecule has 1 heterocycles. The van der Waals surface area contributed by atoms with E-state index in [1.165, 1.54) is 0 Å². The van der Waals surface area contributed by atoms with Crippen molar-refractivity contribution in [3.05, 3.63) is 11.7 Å². The lowest BCUT2D eigenvalue weighted by Gasteiger charge is -2.34. The monoisotopic (exact) mass is 219 g/mol. The number of nitrogens with two attached hydrogens (primary N) is 1. The van der Waals surface area contributed by atoms with E-state index < -0.39 is 0 Å². The molecule has 1 aliphatic carbocycles. The zero-order valence-electron chi connectivity index (χ0n) is 8.02. The maximum atomic E-state index is 6.01. The van der Waals surface area contributed by atoms with Crippen LogP contribution < -0.4 is 5.73 Å². The van der Waals surface area contributed by atoms with Gasteiger partial charge in [0.1, 0.15) is 6.61 Å². The summed E-state index contributed by atoms with van der Waals surface area (Å²) >= 11 is 0. The highest BCUT2D eigenvalue weighted by atomic mass is 35.5. The van der Waals surface area contributed by atoms with Crippen LogP contribution in [0, 0.1) is 0 Å². The lowest BCUT2D eigenvalue weighted by molar-refractivity contribution is 0.151. The molecule has 14 heavy (non-hydrogen) atoms. The summed E-state index contributed by atoms with van der Waals surface area (Å²) < 4.78 is 9.83. The Morgan fingerprint density at radius 1 is 1.57 bits per heavy atom. The molecule has 2 rings (SSSR count). The molecule has 6 heteroatoms. The molecular formula is C8H14ClN3O2. The van der Waals surface area contributed by atoms with E-state index in [-0.39, 0.29) is 17.9 Å². The number of rotatable bonds is 3. The summed E-state index contributed by atoms with van der Waals surface area (Å²) in [6, 6.07) is 0. The maximum Gasteiger partial charge on any atom is 0.252 e. The van der Waals surface area contributed by atoms with Gasteiger partial charge in [0.2, 0.25) is 0 Å². The zero-order chi connectivity index (χ0) is 9.31. The first kappa shape index (κ1) is 11.4. The number of hydrogen-bond donors (Lipinski definition) is 1. The molecule has 1 aliphatic rings. The Bertz CT molecular complexity index is 299. The third kappa shape index (κ3) is 1.89. The van der Waals surface area contributed by atoms with E-state index >= 15 is 0 Å². The molecule has 0 aromatic carbocycles. The van der Waals surface area contributed by atoms with Crippen LogP contribution in [0.1, 0.15) is 31.0 Å². The van der Waals surface area contributed by atoms with Gasteiger partial charge in [-0.15, -0.1) is 12.4 Å². The second kappa shape index (κ2) is 4.25. The molecule has 0 unspecified atom stereocenters. The average Bonchev–Trinajstić information content (AvgIpc) is 2.50. The van der Waals surface area contributed by atoms with Crippen LogP contribution in [0.3, 0.4) is 0 Å². The van der Waals surface area contributed by atoms with E-state index in [9.17, 15) is 0 Å². The van der Waals surface area contributed by atoms with Gasteiger partial charge in [0.25, 0.3) is 5.89 Å². The van der Waals surface area contributed by atoms with Crippen LogP contribution in [0.15, 0.2) is 4.52 Å². The fraction of sp³-hybridized carbons (Fsp3) is 0.750. The second-order valence-corrected chi connectivity index (χ2v) is 3.45. The van der Waals surface area contributed by atoms with Crippen molar-refractivity contribution in [2.45, 2.75) is 31.4 Å². The van der Waals surface area contributed by atoms with Crippen molar-refractivity contribution in [3.8, 4) is 0 Å². The minimum absolute atomic E-state index is 0. The molecule has 0 spiro atoms. The van der Waals surface area contributed by atoms with Crippen molar-refractivity contribution in [2.75, 3.05) is 7.11 Å². The summed E-state index contributed by atoms with van der Waals surface area (Å²) in [4.78, 5) is 4.17. The third-order valence-electron chi connectivity index (χ3n) is 2.43. The van der Waals surface area contributed by atoms with Crippen molar-refractivity contribution < 1.29 is 9.26 Å². The quantitative estimate of drug-likeness (QED) is 0.820. The van der Waals surface area contributed by atoms with E-state index in [4.69, 9.17) is 15.0 Å². The van der Waals surface area contributed by atoms with Crippen LogP contribution in [0.2, 0.25) is 0 Å². The van der Waals surface area contributed by atoms with Gasteiger partial charge in [0, 0.05) is 7.11 Å². The van der Waals surface area contributed by atoms with Gasteiger partial charge in [-0.05, 0) is 19.3 Å². The van der Waals surface area contributed by atoms with E-state index in [1.807, 2.05) is 0 Å². The van der Waals surface area contributed by atoms with Gasteiger partial charge in [0.15, 0.2) is 5.82 Å². The first-order valence-electron chi connectivity index (χ1n) is 4.35. The van der Waals surface area contributed by atoms with Gasteiger partial charge >= 0.3 is 0 Å². The fourth-order valence-electron chi connectivity index (χ4n) is 1.42. The number of aromatic nitrogens is 2.